The fourth-order valence-corrected chi connectivity index (χ4v) is 2.69. The molecule has 0 amide bonds. The van der Waals surface area contributed by atoms with Crippen molar-refractivity contribution in [1.82, 2.24) is 9.78 Å². The molecule has 5 nitrogen and oxygen atoms in total. The Labute approximate surface area is 109 Å². The van der Waals surface area contributed by atoms with E-state index in [1.807, 2.05) is 20.0 Å². The smallest absolute Gasteiger partial charge is 0.336 e. The van der Waals surface area contributed by atoms with E-state index in [-0.39, 0.29) is 5.56 Å². The number of carboxylic acid groups (broad SMARTS) is 1. The lowest BCUT2D eigenvalue weighted by molar-refractivity contribution is 0.0693. The first-order chi connectivity index (χ1) is 8.49. The molecular weight excluding hydrogens is 250 g/mol. The summed E-state index contributed by atoms with van der Waals surface area (Å²) in [5, 5.41) is 14.2. The van der Waals surface area contributed by atoms with Crippen molar-refractivity contribution < 1.29 is 9.90 Å². The van der Waals surface area contributed by atoms with E-state index in [2.05, 4.69) is 5.10 Å². The highest BCUT2D eigenvalue weighted by Crippen LogP contribution is 2.34. The largest absolute Gasteiger partial charge is 0.478 e. The molecule has 0 fully saturated rings. The zero-order valence-corrected chi connectivity index (χ0v) is 10.9. The molecule has 18 heavy (non-hydrogen) atoms. The topological polar surface area (TPSA) is 81.1 Å². The molecular formula is C12H13N3O2S. The lowest BCUT2D eigenvalue weighted by atomic mass is 10.2. The molecule has 0 bridgehead atoms. The Morgan fingerprint density at radius 2 is 2.22 bits per heavy atom. The Kier molecular flexibility index (Phi) is 3.29. The van der Waals surface area contributed by atoms with Gasteiger partial charge in [-0.15, -0.1) is 0 Å². The summed E-state index contributed by atoms with van der Waals surface area (Å²) in [6.45, 7) is 1.89. The lowest BCUT2D eigenvalue weighted by Crippen LogP contribution is -2.02. The third-order valence-electron chi connectivity index (χ3n) is 2.44. The van der Waals surface area contributed by atoms with Crippen LogP contribution in [-0.2, 0) is 7.05 Å². The van der Waals surface area contributed by atoms with Crippen molar-refractivity contribution in [3.05, 3.63) is 35.5 Å². The summed E-state index contributed by atoms with van der Waals surface area (Å²) < 4.78 is 1.71. The van der Waals surface area contributed by atoms with E-state index < -0.39 is 5.97 Å². The number of benzene rings is 1. The van der Waals surface area contributed by atoms with Gasteiger partial charge in [-0.1, -0.05) is 17.8 Å². The van der Waals surface area contributed by atoms with Gasteiger partial charge in [0.25, 0.3) is 0 Å². The highest BCUT2D eigenvalue weighted by Gasteiger charge is 2.15. The minimum Gasteiger partial charge on any atom is -0.478 e. The van der Waals surface area contributed by atoms with Crippen LogP contribution in [0.2, 0.25) is 0 Å². The first-order valence-corrected chi connectivity index (χ1v) is 6.11. The van der Waals surface area contributed by atoms with Gasteiger partial charge in [0.1, 0.15) is 0 Å². The first-order valence-electron chi connectivity index (χ1n) is 5.29. The zero-order chi connectivity index (χ0) is 13.3. The molecule has 1 aromatic carbocycles. The minimum atomic E-state index is -0.983. The molecule has 2 rings (SSSR count). The van der Waals surface area contributed by atoms with E-state index >= 15 is 0 Å². The maximum atomic E-state index is 11.2. The summed E-state index contributed by atoms with van der Waals surface area (Å²) in [5.74, 6) is -0.983. The maximum absolute atomic E-state index is 11.2. The van der Waals surface area contributed by atoms with E-state index in [4.69, 9.17) is 10.8 Å². The number of rotatable bonds is 3. The molecule has 0 aliphatic rings. The monoisotopic (exact) mass is 263 g/mol. The second-order valence-electron chi connectivity index (χ2n) is 3.88. The quantitative estimate of drug-likeness (QED) is 0.829. The molecule has 3 N–H and O–H groups in total. The van der Waals surface area contributed by atoms with Gasteiger partial charge in [-0.2, -0.15) is 5.10 Å². The van der Waals surface area contributed by atoms with Crippen LogP contribution < -0.4 is 5.73 Å². The molecule has 0 aliphatic carbocycles. The highest BCUT2D eigenvalue weighted by atomic mass is 32.2. The maximum Gasteiger partial charge on any atom is 0.336 e. The van der Waals surface area contributed by atoms with Crippen molar-refractivity contribution >= 4 is 23.4 Å². The fourth-order valence-electron chi connectivity index (χ4n) is 1.62. The van der Waals surface area contributed by atoms with Gasteiger partial charge in [0, 0.05) is 12.7 Å². The Morgan fingerprint density at radius 3 is 2.78 bits per heavy atom. The van der Waals surface area contributed by atoms with Crippen molar-refractivity contribution in [2.24, 2.45) is 7.05 Å². The molecule has 0 unspecified atom stereocenters. The van der Waals surface area contributed by atoms with Gasteiger partial charge >= 0.3 is 5.97 Å². The molecule has 0 saturated heterocycles. The number of aryl methyl sites for hydroxylation is 2. The SMILES string of the molecule is Cc1cc(Sc2c(N)cccc2C(=O)O)n(C)n1. The van der Waals surface area contributed by atoms with Crippen LogP contribution in [-0.4, -0.2) is 20.9 Å². The molecule has 0 radical (unpaired) electrons. The molecule has 2 aromatic rings. The molecule has 0 saturated carbocycles. The standard InChI is InChI=1S/C12H13N3O2S/c1-7-6-10(15(2)14-7)18-11-8(12(16)17)4-3-5-9(11)13/h3-6H,13H2,1-2H3,(H,16,17). The predicted octanol–water partition coefficient (Wildman–Crippen LogP) is 2.16. The zero-order valence-electron chi connectivity index (χ0n) is 10.0. The summed E-state index contributed by atoms with van der Waals surface area (Å²) in [4.78, 5) is 11.7. The minimum absolute atomic E-state index is 0.207. The van der Waals surface area contributed by atoms with Gasteiger partial charge in [-0.25, -0.2) is 4.79 Å². The van der Waals surface area contributed by atoms with Crippen LogP contribution in [0.25, 0.3) is 0 Å². The first kappa shape index (κ1) is 12.5. The summed E-state index contributed by atoms with van der Waals surface area (Å²) >= 11 is 1.31. The normalized spacial score (nSPS) is 10.6. The molecule has 0 spiro atoms. The number of aromatic carboxylic acids is 1. The number of anilines is 1. The summed E-state index contributed by atoms with van der Waals surface area (Å²) in [6.07, 6.45) is 0. The summed E-state index contributed by atoms with van der Waals surface area (Å²) in [6, 6.07) is 6.77. The van der Waals surface area contributed by atoms with E-state index in [0.29, 0.717) is 10.6 Å². The molecule has 1 aromatic heterocycles. The predicted molar refractivity (Wildman–Crippen MR) is 69.9 cm³/mol. The van der Waals surface area contributed by atoms with Crippen LogP contribution in [0.3, 0.4) is 0 Å². The number of nitrogens with zero attached hydrogens (tertiary/aromatic N) is 2. The Balaban J connectivity index is 2.45. The van der Waals surface area contributed by atoms with E-state index in [0.717, 1.165) is 10.7 Å². The van der Waals surface area contributed by atoms with Crippen molar-refractivity contribution in [3.8, 4) is 0 Å². The number of nitrogen functional groups attached to an aromatic ring is 1. The van der Waals surface area contributed by atoms with Crippen LogP contribution >= 0.6 is 11.8 Å². The fraction of sp³-hybridized carbons (Fsp3) is 0.167. The van der Waals surface area contributed by atoms with Crippen LogP contribution in [0.15, 0.2) is 34.2 Å². The van der Waals surface area contributed by atoms with Gasteiger partial charge in [0.2, 0.25) is 0 Å². The third-order valence-corrected chi connectivity index (χ3v) is 3.69. The second kappa shape index (κ2) is 4.73. The summed E-state index contributed by atoms with van der Waals surface area (Å²) in [5.41, 5.74) is 7.40. The van der Waals surface area contributed by atoms with Crippen molar-refractivity contribution in [1.29, 1.82) is 0 Å². The Morgan fingerprint density at radius 1 is 1.50 bits per heavy atom. The van der Waals surface area contributed by atoms with Crippen LogP contribution in [0.4, 0.5) is 5.69 Å². The number of hydrogen-bond acceptors (Lipinski definition) is 4. The Hall–Kier alpha value is -1.95. The number of carboxylic acids is 1. The molecule has 0 aliphatic heterocycles. The molecule has 6 heteroatoms. The number of hydrogen-bond donors (Lipinski definition) is 2. The van der Waals surface area contributed by atoms with Crippen molar-refractivity contribution in [2.75, 3.05) is 5.73 Å². The third kappa shape index (κ3) is 2.33. The number of nitrogens with two attached hydrogens (primary N) is 1. The summed E-state index contributed by atoms with van der Waals surface area (Å²) in [7, 11) is 1.81. The second-order valence-corrected chi connectivity index (χ2v) is 4.91. The molecule has 94 valence electrons. The lowest BCUT2D eigenvalue weighted by Gasteiger charge is -2.08. The van der Waals surface area contributed by atoms with Gasteiger partial charge in [0.15, 0.2) is 0 Å². The average molecular weight is 263 g/mol. The Bertz CT molecular complexity index is 607. The van der Waals surface area contributed by atoms with E-state index in [1.54, 1.807) is 22.9 Å². The van der Waals surface area contributed by atoms with Crippen molar-refractivity contribution in [3.63, 3.8) is 0 Å². The van der Waals surface area contributed by atoms with Crippen LogP contribution in [0, 0.1) is 6.92 Å². The van der Waals surface area contributed by atoms with Crippen LogP contribution in [0.1, 0.15) is 16.1 Å². The number of carbonyl (C=O) groups is 1. The van der Waals surface area contributed by atoms with Gasteiger partial charge in [0.05, 0.1) is 21.2 Å². The van der Waals surface area contributed by atoms with Crippen molar-refractivity contribution in [2.45, 2.75) is 16.8 Å². The number of aromatic nitrogens is 2. The molecule has 1 heterocycles. The van der Waals surface area contributed by atoms with Crippen LogP contribution in [0.5, 0.6) is 0 Å². The molecule has 0 atom stereocenters. The highest BCUT2D eigenvalue weighted by molar-refractivity contribution is 7.99. The van der Waals surface area contributed by atoms with Gasteiger partial charge in [-0.3, -0.25) is 4.68 Å². The van der Waals surface area contributed by atoms with Gasteiger partial charge < -0.3 is 10.8 Å². The average Bonchev–Trinajstić information content (AvgIpc) is 2.60. The van der Waals surface area contributed by atoms with E-state index in [9.17, 15) is 4.79 Å². The van der Waals surface area contributed by atoms with Gasteiger partial charge in [-0.05, 0) is 25.1 Å². The van der Waals surface area contributed by atoms with E-state index in [1.165, 1.54) is 11.8 Å².